The maximum Gasteiger partial charge on any atom is 0.0801 e. The minimum atomic E-state index is 1.09. The smallest absolute Gasteiger partial charge is 0.0801 e. The summed E-state index contributed by atoms with van der Waals surface area (Å²) >= 11 is 1.74. The molecule has 2 rings (SSSR count). The molecular weight excluding hydrogens is 202 g/mol. The van der Waals surface area contributed by atoms with Crippen molar-refractivity contribution in [3.63, 3.8) is 0 Å². The highest BCUT2D eigenvalue weighted by Crippen LogP contribution is 2.22. The molecule has 2 heterocycles. The molecule has 1 nitrogen and oxygen atoms in total. The van der Waals surface area contributed by atoms with Crippen molar-refractivity contribution in [2.45, 2.75) is 26.2 Å². The van der Waals surface area contributed by atoms with Crippen LogP contribution in [0.4, 0.5) is 0 Å². The lowest BCUT2D eigenvalue weighted by molar-refractivity contribution is 0.792. The van der Waals surface area contributed by atoms with Crippen LogP contribution in [0.3, 0.4) is 0 Å². The van der Waals surface area contributed by atoms with Crippen molar-refractivity contribution in [2.24, 2.45) is 0 Å². The topological polar surface area (TPSA) is 12.9 Å². The van der Waals surface area contributed by atoms with Crippen LogP contribution in [0.5, 0.6) is 0 Å². The van der Waals surface area contributed by atoms with Gasteiger partial charge in [0.25, 0.3) is 0 Å². The van der Waals surface area contributed by atoms with E-state index in [9.17, 15) is 0 Å². The minimum Gasteiger partial charge on any atom is -0.255 e. The summed E-state index contributed by atoms with van der Waals surface area (Å²) in [5.74, 6) is 0. The van der Waals surface area contributed by atoms with Crippen LogP contribution in [0.25, 0.3) is 10.6 Å². The highest BCUT2D eigenvalue weighted by atomic mass is 32.1. The van der Waals surface area contributed by atoms with E-state index in [1.54, 1.807) is 11.3 Å². The zero-order chi connectivity index (χ0) is 10.5. The van der Waals surface area contributed by atoms with E-state index in [0.29, 0.717) is 0 Å². The molecule has 2 aromatic heterocycles. The molecule has 78 valence electrons. The average Bonchev–Trinajstić information content (AvgIpc) is 2.80. The lowest BCUT2D eigenvalue weighted by atomic mass is 10.1. The van der Waals surface area contributed by atoms with Crippen LogP contribution >= 0.6 is 11.3 Å². The molecule has 0 radical (unpaired) electrons. The van der Waals surface area contributed by atoms with Gasteiger partial charge in [0, 0.05) is 6.20 Å². The zero-order valence-corrected chi connectivity index (χ0v) is 9.76. The second kappa shape index (κ2) is 5.08. The van der Waals surface area contributed by atoms with Gasteiger partial charge in [-0.05, 0) is 35.9 Å². The summed E-state index contributed by atoms with van der Waals surface area (Å²) in [7, 11) is 0. The van der Waals surface area contributed by atoms with Crippen LogP contribution < -0.4 is 0 Å². The first-order chi connectivity index (χ1) is 7.40. The standard InChI is InChI=1S/C13H15NS/c1-2-3-5-11-7-8-12(14-10-11)13-6-4-9-15-13/h4,6-10H,2-3,5H2,1H3. The summed E-state index contributed by atoms with van der Waals surface area (Å²) in [4.78, 5) is 5.73. The highest BCUT2D eigenvalue weighted by molar-refractivity contribution is 7.13. The van der Waals surface area contributed by atoms with Crippen LogP contribution in [0.15, 0.2) is 35.8 Å². The van der Waals surface area contributed by atoms with Crippen molar-refractivity contribution < 1.29 is 0 Å². The third-order valence-electron chi connectivity index (χ3n) is 2.42. The number of rotatable bonds is 4. The molecule has 0 saturated heterocycles. The van der Waals surface area contributed by atoms with E-state index in [1.165, 1.54) is 23.3 Å². The monoisotopic (exact) mass is 217 g/mol. The van der Waals surface area contributed by atoms with Gasteiger partial charge in [0.05, 0.1) is 10.6 Å². The summed E-state index contributed by atoms with van der Waals surface area (Å²) in [6.45, 7) is 2.22. The van der Waals surface area contributed by atoms with Crippen LogP contribution in [0, 0.1) is 0 Å². The molecule has 0 amide bonds. The molecule has 0 unspecified atom stereocenters. The van der Waals surface area contributed by atoms with Gasteiger partial charge < -0.3 is 0 Å². The Labute approximate surface area is 94.8 Å². The molecule has 0 aliphatic heterocycles. The molecule has 15 heavy (non-hydrogen) atoms. The van der Waals surface area contributed by atoms with Crippen LogP contribution in [-0.2, 0) is 6.42 Å². The summed E-state index contributed by atoms with van der Waals surface area (Å²) in [6.07, 6.45) is 5.64. The molecule has 0 spiro atoms. The van der Waals surface area contributed by atoms with E-state index in [-0.39, 0.29) is 0 Å². The Bertz CT molecular complexity index is 389. The fourth-order valence-corrected chi connectivity index (χ4v) is 2.23. The number of hydrogen-bond donors (Lipinski definition) is 0. The quantitative estimate of drug-likeness (QED) is 0.749. The van der Waals surface area contributed by atoms with Crippen molar-refractivity contribution in [2.75, 3.05) is 0 Å². The van der Waals surface area contributed by atoms with E-state index in [1.807, 2.05) is 6.20 Å². The van der Waals surface area contributed by atoms with Gasteiger partial charge in [-0.2, -0.15) is 0 Å². The third-order valence-corrected chi connectivity index (χ3v) is 3.31. The van der Waals surface area contributed by atoms with E-state index < -0.39 is 0 Å². The molecule has 0 saturated carbocycles. The van der Waals surface area contributed by atoms with Crippen molar-refractivity contribution >= 4 is 11.3 Å². The Morgan fingerprint density at radius 2 is 2.20 bits per heavy atom. The fourth-order valence-electron chi connectivity index (χ4n) is 1.52. The fraction of sp³-hybridized carbons (Fsp3) is 0.308. The van der Waals surface area contributed by atoms with Gasteiger partial charge in [0.15, 0.2) is 0 Å². The normalized spacial score (nSPS) is 10.5. The number of aromatic nitrogens is 1. The van der Waals surface area contributed by atoms with E-state index in [4.69, 9.17) is 0 Å². The predicted molar refractivity (Wildman–Crippen MR) is 66.2 cm³/mol. The molecule has 0 bridgehead atoms. The van der Waals surface area contributed by atoms with Crippen LogP contribution in [-0.4, -0.2) is 4.98 Å². The Morgan fingerprint density at radius 1 is 1.27 bits per heavy atom. The molecule has 0 aromatic carbocycles. The van der Waals surface area contributed by atoms with Crippen LogP contribution in [0.1, 0.15) is 25.3 Å². The van der Waals surface area contributed by atoms with E-state index in [2.05, 4.69) is 41.6 Å². The van der Waals surface area contributed by atoms with Gasteiger partial charge in [0.1, 0.15) is 0 Å². The Morgan fingerprint density at radius 3 is 2.80 bits per heavy atom. The summed E-state index contributed by atoms with van der Waals surface area (Å²) in [6, 6.07) is 8.49. The summed E-state index contributed by atoms with van der Waals surface area (Å²) < 4.78 is 0. The second-order valence-corrected chi connectivity index (χ2v) is 4.58. The summed E-state index contributed by atoms with van der Waals surface area (Å²) in [5.41, 5.74) is 2.43. The minimum absolute atomic E-state index is 1.09. The lowest BCUT2D eigenvalue weighted by Gasteiger charge is -2.00. The highest BCUT2D eigenvalue weighted by Gasteiger charge is 1.99. The second-order valence-electron chi connectivity index (χ2n) is 3.63. The number of hydrogen-bond acceptors (Lipinski definition) is 2. The maximum absolute atomic E-state index is 4.48. The van der Waals surface area contributed by atoms with Crippen molar-refractivity contribution in [3.8, 4) is 10.6 Å². The lowest BCUT2D eigenvalue weighted by Crippen LogP contribution is -1.87. The maximum atomic E-state index is 4.48. The first-order valence-electron chi connectivity index (χ1n) is 5.39. The molecule has 2 aromatic rings. The number of aryl methyl sites for hydroxylation is 1. The molecule has 0 aliphatic carbocycles. The first-order valence-corrected chi connectivity index (χ1v) is 6.27. The molecule has 0 N–H and O–H groups in total. The summed E-state index contributed by atoms with van der Waals surface area (Å²) in [5, 5.41) is 2.09. The predicted octanol–water partition coefficient (Wildman–Crippen LogP) is 4.15. The van der Waals surface area contributed by atoms with Crippen molar-refractivity contribution in [3.05, 3.63) is 41.4 Å². The van der Waals surface area contributed by atoms with Crippen molar-refractivity contribution in [1.82, 2.24) is 4.98 Å². The largest absolute Gasteiger partial charge is 0.255 e. The van der Waals surface area contributed by atoms with Gasteiger partial charge in [0.2, 0.25) is 0 Å². The average molecular weight is 217 g/mol. The Hall–Kier alpha value is -1.15. The first kappa shape index (κ1) is 10.4. The molecule has 2 heteroatoms. The Kier molecular flexibility index (Phi) is 3.51. The SMILES string of the molecule is CCCCc1ccc(-c2cccs2)nc1. The molecule has 0 fully saturated rings. The van der Waals surface area contributed by atoms with Crippen LogP contribution in [0.2, 0.25) is 0 Å². The number of pyridine rings is 1. The van der Waals surface area contributed by atoms with Gasteiger partial charge >= 0.3 is 0 Å². The van der Waals surface area contributed by atoms with E-state index >= 15 is 0 Å². The van der Waals surface area contributed by atoms with Gasteiger partial charge in [-0.3, -0.25) is 4.98 Å². The van der Waals surface area contributed by atoms with Gasteiger partial charge in [-0.25, -0.2) is 0 Å². The molecule has 0 aliphatic rings. The van der Waals surface area contributed by atoms with Crippen molar-refractivity contribution in [1.29, 1.82) is 0 Å². The van der Waals surface area contributed by atoms with Gasteiger partial charge in [-0.15, -0.1) is 11.3 Å². The number of thiophene rings is 1. The zero-order valence-electron chi connectivity index (χ0n) is 8.94. The molecular formula is C13H15NS. The number of nitrogens with zero attached hydrogens (tertiary/aromatic N) is 1. The van der Waals surface area contributed by atoms with E-state index in [0.717, 1.165) is 12.1 Å². The Balaban J connectivity index is 2.11. The number of unbranched alkanes of at least 4 members (excludes halogenated alkanes) is 1. The molecule has 0 atom stereocenters. The third kappa shape index (κ3) is 2.66. The van der Waals surface area contributed by atoms with Gasteiger partial charge in [-0.1, -0.05) is 25.5 Å².